The molecule has 0 saturated carbocycles. The maximum atomic E-state index is 5.75. The number of hydrogen-bond donors (Lipinski definition) is 2. The maximum absolute atomic E-state index is 5.75. The highest BCUT2D eigenvalue weighted by Crippen LogP contribution is 2.24. The van der Waals surface area contributed by atoms with Crippen molar-refractivity contribution in [1.82, 2.24) is 20.4 Å². The Kier molecular flexibility index (Phi) is 13.6. The van der Waals surface area contributed by atoms with Gasteiger partial charge >= 0.3 is 0 Å². The Bertz CT molecular complexity index is 541. The van der Waals surface area contributed by atoms with Gasteiger partial charge in [-0.1, -0.05) is 20.3 Å². The molecule has 1 aliphatic heterocycles. The number of halogens is 1. The summed E-state index contributed by atoms with van der Waals surface area (Å²) in [7, 11) is 1.85. The molecule has 0 aromatic carbocycles. The van der Waals surface area contributed by atoms with Crippen molar-refractivity contribution in [3.63, 3.8) is 0 Å². The van der Waals surface area contributed by atoms with E-state index >= 15 is 0 Å². The summed E-state index contributed by atoms with van der Waals surface area (Å²) in [4.78, 5) is 9.45. The van der Waals surface area contributed by atoms with Crippen molar-refractivity contribution in [3.8, 4) is 0 Å². The van der Waals surface area contributed by atoms with Crippen molar-refractivity contribution >= 4 is 29.9 Å². The van der Waals surface area contributed by atoms with Gasteiger partial charge in [0.1, 0.15) is 5.76 Å². The molecule has 0 bridgehead atoms. The number of hydrogen-bond acceptors (Lipinski definition) is 4. The van der Waals surface area contributed by atoms with E-state index in [4.69, 9.17) is 4.42 Å². The van der Waals surface area contributed by atoms with Crippen molar-refractivity contribution in [3.05, 3.63) is 24.2 Å². The minimum Gasteiger partial charge on any atom is -0.468 e. The van der Waals surface area contributed by atoms with Gasteiger partial charge in [-0.2, -0.15) is 0 Å². The molecule has 29 heavy (non-hydrogen) atoms. The van der Waals surface area contributed by atoms with Crippen LogP contribution in [0.4, 0.5) is 0 Å². The van der Waals surface area contributed by atoms with E-state index in [1.165, 1.54) is 32.2 Å². The van der Waals surface area contributed by atoms with Gasteiger partial charge in [-0.3, -0.25) is 9.89 Å². The molecule has 2 atom stereocenters. The number of nitrogens with zero attached hydrogens (tertiary/aromatic N) is 3. The van der Waals surface area contributed by atoms with Crippen LogP contribution >= 0.6 is 24.0 Å². The van der Waals surface area contributed by atoms with Gasteiger partial charge in [-0.25, -0.2) is 0 Å². The van der Waals surface area contributed by atoms with E-state index in [-0.39, 0.29) is 30.0 Å². The molecular formula is C22H42IN5O. The second kappa shape index (κ2) is 15.1. The number of furan rings is 1. The summed E-state index contributed by atoms with van der Waals surface area (Å²) in [5.74, 6) is 1.92. The lowest BCUT2D eigenvalue weighted by Crippen LogP contribution is -2.46. The first-order valence-electron chi connectivity index (χ1n) is 11.1. The average Bonchev–Trinajstić information content (AvgIpc) is 3.26. The quantitative estimate of drug-likeness (QED) is 0.262. The average molecular weight is 520 g/mol. The van der Waals surface area contributed by atoms with E-state index in [1.807, 2.05) is 13.1 Å². The standard InChI is InChI=1S/C22H41N5O.HI/c1-5-26(6-2)14-10-12-19(3)25-22(23-4)24-18-20(21-13-11-17-28-21)27-15-8-7-9-16-27;/h11,13,17,19-20H,5-10,12,14-16,18H2,1-4H3,(H2,23,24,25);1H. The molecule has 6 nitrogen and oxygen atoms in total. The molecule has 1 aliphatic rings. The zero-order valence-electron chi connectivity index (χ0n) is 18.8. The largest absolute Gasteiger partial charge is 0.468 e. The van der Waals surface area contributed by atoms with Crippen molar-refractivity contribution in [2.75, 3.05) is 46.3 Å². The fraction of sp³-hybridized carbons (Fsp3) is 0.773. The van der Waals surface area contributed by atoms with Crippen LogP contribution in [0.5, 0.6) is 0 Å². The molecule has 1 fully saturated rings. The topological polar surface area (TPSA) is 56.0 Å². The number of likely N-dealkylation sites (tertiary alicyclic amines) is 1. The van der Waals surface area contributed by atoms with Gasteiger partial charge in [0.15, 0.2) is 5.96 Å². The third kappa shape index (κ3) is 9.26. The Morgan fingerprint density at radius 3 is 2.55 bits per heavy atom. The molecule has 1 aromatic heterocycles. The molecule has 2 N–H and O–H groups in total. The van der Waals surface area contributed by atoms with Crippen LogP contribution in [0.1, 0.15) is 64.7 Å². The van der Waals surface area contributed by atoms with Crippen LogP contribution in [0.25, 0.3) is 0 Å². The third-order valence-electron chi connectivity index (χ3n) is 5.78. The van der Waals surface area contributed by atoms with E-state index in [0.29, 0.717) is 6.04 Å². The highest BCUT2D eigenvalue weighted by molar-refractivity contribution is 14.0. The van der Waals surface area contributed by atoms with Crippen LogP contribution in [0.3, 0.4) is 0 Å². The lowest BCUT2D eigenvalue weighted by Gasteiger charge is -2.34. The highest BCUT2D eigenvalue weighted by Gasteiger charge is 2.24. The van der Waals surface area contributed by atoms with Crippen molar-refractivity contribution in [2.45, 2.75) is 65.0 Å². The van der Waals surface area contributed by atoms with Crippen molar-refractivity contribution in [1.29, 1.82) is 0 Å². The lowest BCUT2D eigenvalue weighted by atomic mass is 10.1. The monoisotopic (exact) mass is 519 g/mol. The number of nitrogens with one attached hydrogen (secondary N) is 2. The lowest BCUT2D eigenvalue weighted by molar-refractivity contribution is 0.146. The van der Waals surface area contributed by atoms with Gasteiger partial charge in [0.05, 0.1) is 12.3 Å². The Morgan fingerprint density at radius 2 is 1.97 bits per heavy atom. The van der Waals surface area contributed by atoms with Crippen molar-refractivity contribution in [2.24, 2.45) is 4.99 Å². The Hall–Kier alpha value is -0.800. The van der Waals surface area contributed by atoms with Crippen molar-refractivity contribution < 1.29 is 4.42 Å². The van der Waals surface area contributed by atoms with E-state index in [2.05, 4.69) is 52.3 Å². The van der Waals surface area contributed by atoms with Gasteiger partial charge in [0.2, 0.25) is 0 Å². The molecule has 0 aliphatic carbocycles. The van der Waals surface area contributed by atoms with E-state index in [1.54, 1.807) is 6.26 Å². The predicted molar refractivity (Wildman–Crippen MR) is 133 cm³/mol. The van der Waals surface area contributed by atoms with Gasteiger partial charge in [0, 0.05) is 19.6 Å². The molecule has 2 heterocycles. The summed E-state index contributed by atoms with van der Waals surface area (Å²) in [5.41, 5.74) is 0. The van der Waals surface area contributed by atoms with Crippen LogP contribution in [-0.4, -0.2) is 68.1 Å². The first-order chi connectivity index (χ1) is 13.7. The van der Waals surface area contributed by atoms with E-state index in [9.17, 15) is 0 Å². The van der Waals surface area contributed by atoms with Gasteiger partial charge in [-0.05, 0) is 77.5 Å². The predicted octanol–water partition coefficient (Wildman–Crippen LogP) is 4.10. The number of piperidine rings is 1. The molecule has 2 unspecified atom stereocenters. The first-order valence-corrected chi connectivity index (χ1v) is 11.1. The molecule has 0 radical (unpaired) electrons. The van der Waals surface area contributed by atoms with Crippen LogP contribution in [0.2, 0.25) is 0 Å². The second-order valence-electron chi connectivity index (χ2n) is 7.80. The first kappa shape index (κ1) is 26.2. The minimum atomic E-state index is 0. The number of rotatable bonds is 11. The summed E-state index contributed by atoms with van der Waals surface area (Å²) >= 11 is 0. The number of guanidine groups is 1. The summed E-state index contributed by atoms with van der Waals surface area (Å²) in [6.07, 6.45) is 8.00. The molecule has 0 amide bonds. The van der Waals surface area contributed by atoms with Gasteiger partial charge in [0.25, 0.3) is 0 Å². The smallest absolute Gasteiger partial charge is 0.191 e. The summed E-state index contributed by atoms with van der Waals surface area (Å²) in [6, 6.07) is 4.73. The van der Waals surface area contributed by atoms with E-state index in [0.717, 1.165) is 50.9 Å². The zero-order chi connectivity index (χ0) is 20.2. The molecule has 0 spiro atoms. The van der Waals surface area contributed by atoms with E-state index < -0.39 is 0 Å². The summed E-state index contributed by atoms with van der Waals surface area (Å²) < 4.78 is 5.75. The fourth-order valence-electron chi connectivity index (χ4n) is 3.98. The SMILES string of the molecule is CCN(CC)CCCC(C)NC(=NC)NCC(c1ccco1)N1CCCCC1.I. The zero-order valence-corrected chi connectivity index (χ0v) is 21.2. The maximum Gasteiger partial charge on any atom is 0.191 e. The highest BCUT2D eigenvalue weighted by atomic mass is 127. The number of aliphatic imine (C=N–C) groups is 1. The molecule has 7 heteroatoms. The Morgan fingerprint density at radius 1 is 1.24 bits per heavy atom. The second-order valence-corrected chi connectivity index (χ2v) is 7.80. The van der Waals surface area contributed by atoms with Gasteiger partial charge < -0.3 is 20.0 Å². The molecular weight excluding hydrogens is 477 g/mol. The third-order valence-corrected chi connectivity index (χ3v) is 5.78. The van der Waals surface area contributed by atoms with Crippen LogP contribution < -0.4 is 10.6 Å². The fourth-order valence-corrected chi connectivity index (χ4v) is 3.98. The van der Waals surface area contributed by atoms with Crippen LogP contribution in [0.15, 0.2) is 27.8 Å². The Balaban J connectivity index is 0.00000420. The molecule has 168 valence electrons. The van der Waals surface area contributed by atoms with Gasteiger partial charge in [-0.15, -0.1) is 24.0 Å². The minimum absolute atomic E-state index is 0. The Labute approximate surface area is 194 Å². The van der Waals surface area contributed by atoms with Crippen LogP contribution in [0, 0.1) is 0 Å². The summed E-state index contributed by atoms with van der Waals surface area (Å²) in [5, 5.41) is 7.09. The van der Waals surface area contributed by atoms with Crippen LogP contribution in [-0.2, 0) is 0 Å². The molecule has 1 saturated heterocycles. The normalized spacial score (nSPS) is 17.6. The summed E-state index contributed by atoms with van der Waals surface area (Å²) in [6.45, 7) is 13.2. The molecule has 1 aromatic rings. The molecule has 2 rings (SSSR count).